The lowest BCUT2D eigenvalue weighted by Crippen LogP contribution is -2.02. The number of nitrogens with zero attached hydrogens (tertiary/aromatic N) is 3. The monoisotopic (exact) mass is 263 g/mol. The first-order valence-electron chi connectivity index (χ1n) is 4.85. The highest BCUT2D eigenvalue weighted by Crippen LogP contribution is 2.24. The minimum Gasteiger partial charge on any atom is -0.197 e. The largest absolute Gasteiger partial charge is 0.197 e. The molecule has 0 radical (unpaired) electrons. The van der Waals surface area contributed by atoms with Crippen molar-refractivity contribution in [1.82, 2.24) is 10.2 Å². The number of nitriles is 1. The molecule has 2 aromatic rings. The maximum absolute atomic E-state index is 9.20. The van der Waals surface area contributed by atoms with Gasteiger partial charge in [-0.15, -0.1) is 5.10 Å². The van der Waals surface area contributed by atoms with Crippen molar-refractivity contribution in [2.45, 2.75) is 5.92 Å². The molecule has 3 nitrogen and oxygen atoms in total. The van der Waals surface area contributed by atoms with Gasteiger partial charge in [-0.3, -0.25) is 0 Å². The lowest BCUT2D eigenvalue weighted by molar-refractivity contribution is 0.885. The Morgan fingerprint density at radius 2 is 1.94 bits per heavy atom. The van der Waals surface area contributed by atoms with E-state index in [2.05, 4.69) is 16.3 Å². The van der Waals surface area contributed by atoms with Crippen LogP contribution in [0.2, 0.25) is 10.2 Å². The second kappa shape index (κ2) is 5.13. The maximum atomic E-state index is 9.20. The highest BCUT2D eigenvalue weighted by atomic mass is 35.5. The smallest absolute Gasteiger partial charge is 0.151 e. The van der Waals surface area contributed by atoms with Crippen LogP contribution in [0.15, 0.2) is 36.4 Å². The average molecular weight is 264 g/mol. The number of halogens is 2. The molecular weight excluding hydrogens is 257 g/mol. The molecule has 1 unspecified atom stereocenters. The summed E-state index contributed by atoms with van der Waals surface area (Å²) in [6.07, 6.45) is 0. The minimum atomic E-state index is -0.488. The Morgan fingerprint density at radius 1 is 1.12 bits per heavy atom. The first-order valence-corrected chi connectivity index (χ1v) is 5.60. The molecule has 17 heavy (non-hydrogen) atoms. The maximum Gasteiger partial charge on any atom is 0.151 e. The molecule has 1 aromatic heterocycles. The van der Waals surface area contributed by atoms with E-state index in [-0.39, 0.29) is 0 Å². The molecule has 84 valence electrons. The molecule has 5 heteroatoms. The summed E-state index contributed by atoms with van der Waals surface area (Å²) in [4.78, 5) is 0. The van der Waals surface area contributed by atoms with E-state index in [1.54, 1.807) is 30.3 Å². The molecule has 1 aromatic carbocycles. The van der Waals surface area contributed by atoms with Crippen LogP contribution in [0.1, 0.15) is 17.2 Å². The molecule has 0 N–H and O–H groups in total. The molecule has 0 aliphatic carbocycles. The lowest BCUT2D eigenvalue weighted by Gasteiger charge is -2.08. The topological polar surface area (TPSA) is 49.6 Å². The minimum absolute atomic E-state index is 0.302. The summed E-state index contributed by atoms with van der Waals surface area (Å²) in [6, 6.07) is 12.6. The molecule has 0 saturated carbocycles. The highest BCUT2D eigenvalue weighted by molar-refractivity contribution is 6.30. The zero-order valence-corrected chi connectivity index (χ0v) is 10.2. The highest BCUT2D eigenvalue weighted by Gasteiger charge is 2.15. The molecule has 0 aliphatic rings. The van der Waals surface area contributed by atoms with E-state index in [4.69, 9.17) is 23.2 Å². The first-order chi connectivity index (χ1) is 8.20. The van der Waals surface area contributed by atoms with Crippen LogP contribution in [0.25, 0.3) is 0 Å². The van der Waals surface area contributed by atoms with E-state index in [9.17, 15) is 5.26 Å². The number of rotatable bonds is 2. The summed E-state index contributed by atoms with van der Waals surface area (Å²) < 4.78 is 0. The zero-order chi connectivity index (χ0) is 12.3. The molecule has 0 bridgehead atoms. The van der Waals surface area contributed by atoms with Gasteiger partial charge in [0.2, 0.25) is 0 Å². The van der Waals surface area contributed by atoms with Gasteiger partial charge in [-0.25, -0.2) is 0 Å². The van der Waals surface area contributed by atoms with Gasteiger partial charge in [-0.05, 0) is 29.8 Å². The van der Waals surface area contributed by atoms with Crippen molar-refractivity contribution in [3.8, 4) is 6.07 Å². The van der Waals surface area contributed by atoms with Gasteiger partial charge >= 0.3 is 0 Å². The summed E-state index contributed by atoms with van der Waals surface area (Å²) in [7, 11) is 0. The van der Waals surface area contributed by atoms with E-state index in [0.717, 1.165) is 5.56 Å². The average Bonchev–Trinajstić information content (AvgIpc) is 2.33. The second-order valence-electron chi connectivity index (χ2n) is 3.40. The van der Waals surface area contributed by atoms with Crippen LogP contribution >= 0.6 is 23.2 Å². The van der Waals surface area contributed by atoms with Crippen LogP contribution in [0.5, 0.6) is 0 Å². The van der Waals surface area contributed by atoms with Crippen molar-refractivity contribution in [2.24, 2.45) is 0 Å². The Balaban J connectivity index is 2.41. The number of hydrogen-bond acceptors (Lipinski definition) is 3. The standard InChI is InChI=1S/C12H7Cl2N3/c13-9-3-1-2-8(6-9)10(7-15)11-4-5-12(14)17-16-11/h1-6,10H. The SMILES string of the molecule is N#CC(c1cccc(Cl)c1)c1ccc(Cl)nn1. The van der Waals surface area contributed by atoms with E-state index >= 15 is 0 Å². The third-order valence-electron chi connectivity index (χ3n) is 2.26. The van der Waals surface area contributed by atoms with Crippen molar-refractivity contribution in [3.63, 3.8) is 0 Å². The van der Waals surface area contributed by atoms with Gasteiger partial charge in [0.1, 0.15) is 5.92 Å². The lowest BCUT2D eigenvalue weighted by atomic mass is 9.97. The van der Waals surface area contributed by atoms with E-state index in [1.807, 2.05) is 6.07 Å². The van der Waals surface area contributed by atoms with Gasteiger partial charge in [0, 0.05) is 5.02 Å². The van der Waals surface area contributed by atoms with Crippen LogP contribution in [0.3, 0.4) is 0 Å². The normalized spacial score (nSPS) is 11.8. The third-order valence-corrected chi connectivity index (χ3v) is 2.70. The van der Waals surface area contributed by atoms with Crippen molar-refractivity contribution in [3.05, 3.63) is 57.8 Å². The van der Waals surface area contributed by atoms with Crippen LogP contribution in [0.4, 0.5) is 0 Å². The molecule has 0 spiro atoms. The van der Waals surface area contributed by atoms with E-state index in [1.165, 1.54) is 0 Å². The van der Waals surface area contributed by atoms with Crippen LogP contribution in [-0.4, -0.2) is 10.2 Å². The fourth-order valence-corrected chi connectivity index (χ4v) is 1.78. The van der Waals surface area contributed by atoms with Gasteiger partial charge < -0.3 is 0 Å². The van der Waals surface area contributed by atoms with E-state index in [0.29, 0.717) is 15.9 Å². The van der Waals surface area contributed by atoms with Gasteiger partial charge in [0.15, 0.2) is 5.15 Å². The molecule has 0 fully saturated rings. The Kier molecular flexibility index (Phi) is 3.58. The predicted molar refractivity (Wildman–Crippen MR) is 66.0 cm³/mol. The van der Waals surface area contributed by atoms with Crippen molar-refractivity contribution >= 4 is 23.2 Å². The van der Waals surface area contributed by atoms with Crippen LogP contribution in [0, 0.1) is 11.3 Å². The summed E-state index contributed by atoms with van der Waals surface area (Å²) in [6.45, 7) is 0. The Morgan fingerprint density at radius 3 is 2.53 bits per heavy atom. The fraction of sp³-hybridized carbons (Fsp3) is 0.0833. The molecule has 2 rings (SSSR count). The molecule has 1 atom stereocenters. The Hall–Kier alpha value is -1.63. The summed E-state index contributed by atoms with van der Waals surface area (Å²) in [5.74, 6) is -0.488. The molecule has 0 saturated heterocycles. The quantitative estimate of drug-likeness (QED) is 0.834. The molecule has 0 amide bonds. The van der Waals surface area contributed by atoms with Crippen molar-refractivity contribution in [2.75, 3.05) is 0 Å². The first kappa shape index (κ1) is 11.8. The van der Waals surface area contributed by atoms with E-state index < -0.39 is 5.92 Å². The summed E-state index contributed by atoms with van der Waals surface area (Å²) in [5, 5.41) is 17.7. The van der Waals surface area contributed by atoms with Gasteiger partial charge in [-0.1, -0.05) is 35.3 Å². The molecule has 1 heterocycles. The molecular formula is C12H7Cl2N3. The van der Waals surface area contributed by atoms with Crippen molar-refractivity contribution in [1.29, 1.82) is 5.26 Å². The predicted octanol–water partition coefficient (Wildman–Crippen LogP) is 3.44. The summed E-state index contributed by atoms with van der Waals surface area (Å²) >= 11 is 11.5. The van der Waals surface area contributed by atoms with Gasteiger partial charge in [0.25, 0.3) is 0 Å². The fourth-order valence-electron chi connectivity index (χ4n) is 1.48. The number of aromatic nitrogens is 2. The number of benzene rings is 1. The molecule has 0 aliphatic heterocycles. The Labute approximate surface area is 109 Å². The second-order valence-corrected chi connectivity index (χ2v) is 4.22. The number of hydrogen-bond donors (Lipinski definition) is 0. The van der Waals surface area contributed by atoms with Crippen molar-refractivity contribution < 1.29 is 0 Å². The summed E-state index contributed by atoms with van der Waals surface area (Å²) in [5.41, 5.74) is 1.34. The van der Waals surface area contributed by atoms with Gasteiger partial charge in [0.05, 0.1) is 11.8 Å². The van der Waals surface area contributed by atoms with Crippen LogP contribution in [-0.2, 0) is 0 Å². The third kappa shape index (κ3) is 2.73. The zero-order valence-electron chi connectivity index (χ0n) is 8.64. The van der Waals surface area contributed by atoms with Crippen LogP contribution < -0.4 is 0 Å². The Bertz CT molecular complexity index is 561. The van der Waals surface area contributed by atoms with Gasteiger partial charge in [-0.2, -0.15) is 10.4 Å².